The van der Waals surface area contributed by atoms with Gasteiger partial charge in [-0.25, -0.2) is 0 Å². The smallest absolute Gasteiger partial charge is 0.383 e. The molecule has 0 aliphatic carbocycles. The molecule has 1 unspecified atom stereocenters. The number of ether oxygens (including phenoxy) is 1. The molecule has 3 N–H and O–H groups in total. The summed E-state index contributed by atoms with van der Waals surface area (Å²) in [5, 5.41) is 2.12. The van der Waals surface area contributed by atoms with Crippen molar-refractivity contribution in [2.24, 2.45) is 5.73 Å². The van der Waals surface area contributed by atoms with Crippen molar-refractivity contribution in [3.05, 3.63) is 28.8 Å². The first-order valence-electron chi connectivity index (χ1n) is 5.17. The lowest BCUT2D eigenvalue weighted by Crippen LogP contribution is -2.39. The van der Waals surface area contributed by atoms with Gasteiger partial charge in [0.05, 0.1) is 12.2 Å². The molecule has 0 heterocycles. The summed E-state index contributed by atoms with van der Waals surface area (Å²) >= 11 is 5.57. The fourth-order valence-corrected chi connectivity index (χ4v) is 1.55. The number of anilines is 1. The predicted octanol–water partition coefficient (Wildman–Crippen LogP) is 2.27. The van der Waals surface area contributed by atoms with Crippen molar-refractivity contribution >= 4 is 23.2 Å². The number of hydrogen-bond acceptors (Lipinski definition) is 3. The molecule has 1 rings (SSSR count). The van der Waals surface area contributed by atoms with Gasteiger partial charge in [0.1, 0.15) is 6.04 Å². The minimum atomic E-state index is -4.54. The van der Waals surface area contributed by atoms with E-state index in [-0.39, 0.29) is 17.3 Å². The number of halogens is 4. The third-order valence-electron chi connectivity index (χ3n) is 2.18. The molecule has 106 valence electrons. The van der Waals surface area contributed by atoms with Gasteiger partial charge in [0.15, 0.2) is 0 Å². The van der Waals surface area contributed by atoms with E-state index in [4.69, 9.17) is 17.3 Å². The van der Waals surface area contributed by atoms with Crippen LogP contribution in [-0.4, -0.2) is 25.7 Å². The Hall–Kier alpha value is -1.31. The van der Waals surface area contributed by atoms with E-state index in [1.807, 2.05) is 0 Å². The van der Waals surface area contributed by atoms with Crippen molar-refractivity contribution in [2.75, 3.05) is 19.0 Å². The Morgan fingerprint density at radius 2 is 2.11 bits per heavy atom. The normalized spacial score (nSPS) is 13.2. The van der Waals surface area contributed by atoms with Crippen LogP contribution in [0, 0.1) is 0 Å². The standard InChI is InChI=1S/C11H12ClF3N2O2/c1-19-5-9(16)10(18)17-8-3-6(11(13,14)15)2-7(12)4-8/h2-4,9H,5,16H2,1H3,(H,17,18). The largest absolute Gasteiger partial charge is 0.416 e. The highest BCUT2D eigenvalue weighted by Gasteiger charge is 2.31. The van der Waals surface area contributed by atoms with Gasteiger partial charge in [-0.2, -0.15) is 13.2 Å². The highest BCUT2D eigenvalue weighted by molar-refractivity contribution is 6.31. The summed E-state index contributed by atoms with van der Waals surface area (Å²) in [4.78, 5) is 11.5. The Bertz CT molecular complexity index is 466. The molecule has 0 spiro atoms. The maximum Gasteiger partial charge on any atom is 0.416 e. The number of rotatable bonds is 4. The number of nitrogens with two attached hydrogens (primary N) is 1. The van der Waals surface area contributed by atoms with E-state index in [9.17, 15) is 18.0 Å². The molecule has 4 nitrogen and oxygen atoms in total. The maximum absolute atomic E-state index is 12.5. The van der Waals surface area contributed by atoms with Crippen LogP contribution in [0.25, 0.3) is 0 Å². The van der Waals surface area contributed by atoms with Crippen LogP contribution >= 0.6 is 11.6 Å². The third-order valence-corrected chi connectivity index (χ3v) is 2.39. The van der Waals surface area contributed by atoms with Crippen LogP contribution < -0.4 is 11.1 Å². The number of amides is 1. The van der Waals surface area contributed by atoms with Crippen molar-refractivity contribution in [3.63, 3.8) is 0 Å². The molecule has 1 aromatic rings. The molecule has 8 heteroatoms. The fourth-order valence-electron chi connectivity index (χ4n) is 1.32. The lowest BCUT2D eigenvalue weighted by atomic mass is 10.2. The summed E-state index contributed by atoms with van der Waals surface area (Å²) in [6, 6.07) is 1.78. The second-order valence-corrected chi connectivity index (χ2v) is 4.21. The Morgan fingerprint density at radius 3 is 2.63 bits per heavy atom. The molecule has 0 aromatic heterocycles. The number of alkyl halides is 3. The molecule has 1 amide bonds. The summed E-state index contributed by atoms with van der Waals surface area (Å²) in [5.74, 6) is -0.655. The van der Waals surface area contributed by atoms with Gasteiger partial charge in [-0.1, -0.05) is 11.6 Å². The summed E-state index contributed by atoms with van der Waals surface area (Å²) in [7, 11) is 1.36. The highest BCUT2D eigenvalue weighted by atomic mass is 35.5. The van der Waals surface area contributed by atoms with Crippen LogP contribution in [0.4, 0.5) is 18.9 Å². The average Bonchev–Trinajstić information content (AvgIpc) is 2.27. The zero-order valence-electron chi connectivity index (χ0n) is 9.92. The first-order valence-corrected chi connectivity index (χ1v) is 5.55. The number of carbonyl (C=O) groups is 1. The van der Waals surface area contributed by atoms with E-state index in [2.05, 4.69) is 10.1 Å². The number of benzene rings is 1. The van der Waals surface area contributed by atoms with Crippen LogP contribution in [0.15, 0.2) is 18.2 Å². The van der Waals surface area contributed by atoms with Gasteiger partial charge in [0.2, 0.25) is 5.91 Å². The first kappa shape index (κ1) is 15.7. The molecule has 0 saturated heterocycles. The number of methoxy groups -OCH3 is 1. The minimum absolute atomic E-state index is 0.0431. The zero-order chi connectivity index (χ0) is 14.6. The minimum Gasteiger partial charge on any atom is -0.383 e. The molecule has 0 saturated carbocycles. The zero-order valence-corrected chi connectivity index (χ0v) is 10.7. The summed E-state index contributed by atoms with van der Waals surface area (Å²) < 4.78 is 42.3. The molecule has 1 atom stereocenters. The first-order chi connectivity index (χ1) is 8.74. The Labute approximate surface area is 112 Å². The molecule has 1 aromatic carbocycles. The van der Waals surface area contributed by atoms with Gasteiger partial charge in [0, 0.05) is 17.8 Å². The van der Waals surface area contributed by atoms with Crippen LogP contribution in [0.3, 0.4) is 0 Å². The number of nitrogens with one attached hydrogen (secondary N) is 1. The second kappa shape index (κ2) is 6.23. The SMILES string of the molecule is COCC(N)C(=O)Nc1cc(Cl)cc(C(F)(F)F)c1. The van der Waals surface area contributed by atoms with Crippen LogP contribution in [0.2, 0.25) is 5.02 Å². The molecule has 19 heavy (non-hydrogen) atoms. The van der Waals surface area contributed by atoms with Crippen LogP contribution in [0.1, 0.15) is 5.56 Å². The van der Waals surface area contributed by atoms with E-state index in [0.29, 0.717) is 0 Å². The van der Waals surface area contributed by atoms with Crippen molar-refractivity contribution in [2.45, 2.75) is 12.2 Å². The van der Waals surface area contributed by atoms with E-state index in [1.165, 1.54) is 13.2 Å². The molecule has 0 aliphatic rings. The van der Waals surface area contributed by atoms with E-state index < -0.39 is 23.7 Å². The van der Waals surface area contributed by atoms with Crippen molar-refractivity contribution in [3.8, 4) is 0 Å². The average molecular weight is 297 g/mol. The topological polar surface area (TPSA) is 64.3 Å². The van der Waals surface area contributed by atoms with E-state index >= 15 is 0 Å². The molecule has 0 radical (unpaired) electrons. The molecular weight excluding hydrogens is 285 g/mol. The second-order valence-electron chi connectivity index (χ2n) is 3.78. The molecule has 0 fully saturated rings. The summed E-state index contributed by atoms with van der Waals surface area (Å²) in [6.45, 7) is -0.0431. The number of carbonyl (C=O) groups excluding carboxylic acids is 1. The van der Waals surface area contributed by atoms with E-state index in [0.717, 1.165) is 12.1 Å². The summed E-state index contributed by atoms with van der Waals surface area (Å²) in [5.41, 5.74) is 4.42. The fraction of sp³-hybridized carbons (Fsp3) is 0.364. The van der Waals surface area contributed by atoms with Crippen LogP contribution in [-0.2, 0) is 15.7 Å². The molecular formula is C11H12ClF3N2O2. The Balaban J connectivity index is 2.90. The Kier molecular flexibility index (Phi) is 5.16. The number of hydrogen-bond donors (Lipinski definition) is 2. The van der Waals surface area contributed by atoms with Gasteiger partial charge >= 0.3 is 6.18 Å². The van der Waals surface area contributed by atoms with Crippen molar-refractivity contribution < 1.29 is 22.7 Å². The van der Waals surface area contributed by atoms with Crippen LogP contribution in [0.5, 0.6) is 0 Å². The van der Waals surface area contributed by atoms with Gasteiger partial charge < -0.3 is 15.8 Å². The highest BCUT2D eigenvalue weighted by Crippen LogP contribution is 2.33. The summed E-state index contributed by atoms with van der Waals surface area (Å²) in [6.07, 6.45) is -4.54. The lowest BCUT2D eigenvalue weighted by Gasteiger charge is -2.13. The van der Waals surface area contributed by atoms with Gasteiger partial charge in [-0.15, -0.1) is 0 Å². The van der Waals surface area contributed by atoms with E-state index in [1.54, 1.807) is 0 Å². The maximum atomic E-state index is 12.5. The third kappa shape index (κ3) is 4.70. The Morgan fingerprint density at radius 1 is 1.47 bits per heavy atom. The predicted molar refractivity (Wildman–Crippen MR) is 64.9 cm³/mol. The lowest BCUT2D eigenvalue weighted by molar-refractivity contribution is -0.137. The van der Waals surface area contributed by atoms with Gasteiger partial charge in [-0.3, -0.25) is 4.79 Å². The monoisotopic (exact) mass is 296 g/mol. The van der Waals surface area contributed by atoms with Gasteiger partial charge in [0.25, 0.3) is 0 Å². The quantitative estimate of drug-likeness (QED) is 0.896. The van der Waals surface area contributed by atoms with Crippen molar-refractivity contribution in [1.82, 2.24) is 0 Å². The molecule has 0 bridgehead atoms. The molecule has 0 aliphatic heterocycles. The van der Waals surface area contributed by atoms with Gasteiger partial charge in [-0.05, 0) is 18.2 Å². The van der Waals surface area contributed by atoms with Crippen molar-refractivity contribution in [1.29, 1.82) is 0 Å².